The van der Waals surface area contributed by atoms with E-state index >= 15 is 0 Å². The summed E-state index contributed by atoms with van der Waals surface area (Å²) in [4.78, 5) is 12.3. The molecule has 2 aromatic rings. The maximum atomic E-state index is 12.3. The van der Waals surface area contributed by atoms with E-state index in [9.17, 15) is 4.79 Å². The lowest BCUT2D eigenvalue weighted by atomic mass is 10.2. The van der Waals surface area contributed by atoms with Gasteiger partial charge in [0.25, 0.3) is 0 Å². The van der Waals surface area contributed by atoms with Crippen LogP contribution < -0.4 is 5.69 Å². The molecule has 0 amide bonds. The smallest absolute Gasteiger partial charge is 0.329 e. The van der Waals surface area contributed by atoms with Crippen LogP contribution in [0, 0.1) is 0 Å². The third-order valence-corrected chi connectivity index (χ3v) is 3.09. The molecule has 19 heavy (non-hydrogen) atoms. The minimum atomic E-state index is -0.174. The molecule has 0 N–H and O–H groups in total. The fourth-order valence-electron chi connectivity index (χ4n) is 2.24. The highest BCUT2D eigenvalue weighted by molar-refractivity contribution is 5.75. The molecule has 1 aromatic carbocycles. The van der Waals surface area contributed by atoms with Gasteiger partial charge in [-0.3, -0.25) is 9.13 Å². The topological polar surface area (TPSA) is 36.2 Å². The number of hydrogen-bond acceptors (Lipinski definition) is 2. The summed E-state index contributed by atoms with van der Waals surface area (Å²) in [5.41, 5.74) is 1.84. The number of rotatable bonds is 4. The van der Waals surface area contributed by atoms with Crippen molar-refractivity contribution in [2.75, 3.05) is 6.61 Å². The molecule has 0 bridgehead atoms. The van der Waals surface area contributed by atoms with Crippen molar-refractivity contribution in [3.8, 4) is 0 Å². The largest absolute Gasteiger partial charge is 0.374 e. The SMILES string of the molecule is CCn1c(=O)n(CCOC(C)(C)C)c2ccccc21. The second-order valence-electron chi connectivity index (χ2n) is 5.63. The monoisotopic (exact) mass is 262 g/mol. The van der Waals surface area contributed by atoms with E-state index in [1.54, 1.807) is 9.13 Å². The zero-order valence-electron chi connectivity index (χ0n) is 12.1. The maximum Gasteiger partial charge on any atom is 0.329 e. The number of imidazole rings is 1. The first-order chi connectivity index (χ1) is 8.94. The van der Waals surface area contributed by atoms with E-state index in [2.05, 4.69) is 0 Å². The number of nitrogens with zero attached hydrogens (tertiary/aromatic N) is 2. The Bertz CT molecular complexity index is 617. The van der Waals surface area contributed by atoms with Crippen molar-refractivity contribution in [2.24, 2.45) is 0 Å². The molecule has 1 heterocycles. The summed E-state index contributed by atoms with van der Waals surface area (Å²) in [6.45, 7) is 9.86. The molecule has 0 atom stereocenters. The van der Waals surface area contributed by atoms with E-state index in [4.69, 9.17) is 4.74 Å². The van der Waals surface area contributed by atoms with Gasteiger partial charge in [-0.15, -0.1) is 0 Å². The molecule has 0 radical (unpaired) electrons. The molecule has 0 aliphatic carbocycles. The lowest BCUT2D eigenvalue weighted by Gasteiger charge is -2.19. The highest BCUT2D eigenvalue weighted by Crippen LogP contribution is 2.13. The molecule has 0 aliphatic rings. The molecular formula is C15H22N2O2. The average Bonchev–Trinajstić information content (AvgIpc) is 2.61. The highest BCUT2D eigenvalue weighted by atomic mass is 16.5. The van der Waals surface area contributed by atoms with Gasteiger partial charge in [-0.2, -0.15) is 0 Å². The average molecular weight is 262 g/mol. The Morgan fingerprint density at radius 1 is 1.11 bits per heavy atom. The molecule has 0 aliphatic heterocycles. The summed E-state index contributed by atoms with van der Waals surface area (Å²) in [6.07, 6.45) is 0. The van der Waals surface area contributed by atoms with Gasteiger partial charge in [0.1, 0.15) is 0 Å². The first kappa shape index (κ1) is 13.9. The standard InChI is InChI=1S/C15H22N2O2/c1-5-16-12-8-6-7-9-13(12)17(14(16)18)10-11-19-15(2,3)4/h6-9H,5,10-11H2,1-4H3. The number of aryl methyl sites for hydroxylation is 1. The summed E-state index contributed by atoms with van der Waals surface area (Å²) in [7, 11) is 0. The molecule has 4 heteroatoms. The van der Waals surface area contributed by atoms with E-state index in [0.717, 1.165) is 11.0 Å². The van der Waals surface area contributed by atoms with Crippen LogP contribution in [-0.2, 0) is 17.8 Å². The van der Waals surface area contributed by atoms with Crippen LogP contribution in [0.4, 0.5) is 0 Å². The fraction of sp³-hybridized carbons (Fsp3) is 0.533. The third kappa shape index (κ3) is 2.89. The quantitative estimate of drug-likeness (QED) is 0.849. The fourth-order valence-corrected chi connectivity index (χ4v) is 2.24. The lowest BCUT2D eigenvalue weighted by Crippen LogP contribution is -2.28. The van der Waals surface area contributed by atoms with Crippen molar-refractivity contribution in [3.05, 3.63) is 34.7 Å². The summed E-state index contributed by atoms with van der Waals surface area (Å²) in [6, 6.07) is 7.90. The Morgan fingerprint density at radius 3 is 2.21 bits per heavy atom. The lowest BCUT2D eigenvalue weighted by molar-refractivity contribution is -0.00681. The Morgan fingerprint density at radius 2 is 1.68 bits per heavy atom. The third-order valence-electron chi connectivity index (χ3n) is 3.09. The van der Waals surface area contributed by atoms with E-state index in [0.29, 0.717) is 19.7 Å². The van der Waals surface area contributed by atoms with Crippen molar-refractivity contribution in [1.82, 2.24) is 9.13 Å². The van der Waals surface area contributed by atoms with Crippen LogP contribution in [0.25, 0.3) is 11.0 Å². The highest BCUT2D eigenvalue weighted by Gasteiger charge is 2.13. The van der Waals surface area contributed by atoms with Crippen molar-refractivity contribution in [1.29, 1.82) is 0 Å². The number of fused-ring (bicyclic) bond motifs is 1. The van der Waals surface area contributed by atoms with E-state index in [1.165, 1.54) is 0 Å². The van der Waals surface area contributed by atoms with Crippen molar-refractivity contribution < 1.29 is 4.74 Å². The van der Waals surface area contributed by atoms with Crippen LogP contribution in [0.3, 0.4) is 0 Å². The summed E-state index contributed by atoms with van der Waals surface area (Å²) in [5, 5.41) is 0. The maximum absolute atomic E-state index is 12.3. The van der Waals surface area contributed by atoms with Crippen molar-refractivity contribution in [3.63, 3.8) is 0 Å². The number of para-hydroxylation sites is 2. The molecule has 0 unspecified atom stereocenters. The zero-order chi connectivity index (χ0) is 14.0. The Hall–Kier alpha value is -1.55. The molecule has 0 fully saturated rings. The first-order valence-corrected chi connectivity index (χ1v) is 6.76. The van der Waals surface area contributed by atoms with Crippen LogP contribution in [0.15, 0.2) is 29.1 Å². The van der Waals surface area contributed by atoms with Gasteiger partial charge in [0.2, 0.25) is 0 Å². The van der Waals surface area contributed by atoms with Gasteiger partial charge in [-0.25, -0.2) is 4.79 Å². The van der Waals surface area contributed by atoms with E-state index in [-0.39, 0.29) is 11.3 Å². The van der Waals surface area contributed by atoms with Crippen LogP contribution >= 0.6 is 0 Å². The van der Waals surface area contributed by atoms with Crippen LogP contribution in [0.2, 0.25) is 0 Å². The predicted octanol–water partition coefficient (Wildman–Crippen LogP) is 2.64. The minimum Gasteiger partial charge on any atom is -0.374 e. The second kappa shape index (κ2) is 5.21. The Labute approximate surface area is 113 Å². The van der Waals surface area contributed by atoms with Crippen molar-refractivity contribution >= 4 is 11.0 Å². The van der Waals surface area contributed by atoms with Gasteiger partial charge in [0, 0.05) is 6.54 Å². The van der Waals surface area contributed by atoms with Crippen LogP contribution in [0.1, 0.15) is 27.7 Å². The number of ether oxygens (including phenoxy) is 1. The normalized spacial score (nSPS) is 12.2. The summed E-state index contributed by atoms with van der Waals surface area (Å²) >= 11 is 0. The summed E-state index contributed by atoms with van der Waals surface area (Å²) < 4.78 is 9.31. The van der Waals surface area contributed by atoms with Gasteiger partial charge in [-0.1, -0.05) is 12.1 Å². The zero-order valence-corrected chi connectivity index (χ0v) is 12.1. The Kier molecular flexibility index (Phi) is 3.80. The summed E-state index contributed by atoms with van der Waals surface area (Å²) in [5.74, 6) is 0. The molecule has 104 valence electrons. The second-order valence-corrected chi connectivity index (χ2v) is 5.63. The van der Waals surface area contributed by atoms with Gasteiger partial charge >= 0.3 is 5.69 Å². The molecule has 4 nitrogen and oxygen atoms in total. The van der Waals surface area contributed by atoms with Gasteiger partial charge in [0.15, 0.2) is 0 Å². The van der Waals surface area contributed by atoms with E-state index in [1.807, 2.05) is 52.0 Å². The van der Waals surface area contributed by atoms with Gasteiger partial charge < -0.3 is 4.74 Å². The van der Waals surface area contributed by atoms with Crippen LogP contribution in [0.5, 0.6) is 0 Å². The minimum absolute atomic E-state index is 0.0428. The molecule has 1 aromatic heterocycles. The number of benzene rings is 1. The van der Waals surface area contributed by atoms with E-state index < -0.39 is 0 Å². The first-order valence-electron chi connectivity index (χ1n) is 6.76. The van der Waals surface area contributed by atoms with Gasteiger partial charge in [-0.05, 0) is 39.8 Å². The Balaban J connectivity index is 2.33. The predicted molar refractivity (Wildman–Crippen MR) is 77.6 cm³/mol. The number of hydrogen-bond donors (Lipinski definition) is 0. The van der Waals surface area contributed by atoms with Gasteiger partial charge in [0.05, 0.1) is 29.8 Å². The van der Waals surface area contributed by atoms with Crippen molar-refractivity contribution in [2.45, 2.75) is 46.4 Å². The molecule has 0 spiro atoms. The molecule has 0 saturated carbocycles. The van der Waals surface area contributed by atoms with Crippen LogP contribution in [-0.4, -0.2) is 21.3 Å². The molecule has 0 saturated heterocycles. The molecular weight excluding hydrogens is 240 g/mol. The number of aromatic nitrogens is 2. The molecule has 2 rings (SSSR count).